The zero-order valence-corrected chi connectivity index (χ0v) is 8.21. The Bertz CT molecular complexity index is 385. The maximum atomic E-state index is 10.5. The summed E-state index contributed by atoms with van der Waals surface area (Å²) < 4.78 is 0. The van der Waals surface area contributed by atoms with Gasteiger partial charge in [-0.3, -0.25) is 4.79 Å². The molecule has 0 aliphatic heterocycles. The minimum Gasteiger partial charge on any atom is -0.330 e. The number of carbonyl (C=O) groups is 1. The van der Waals surface area contributed by atoms with Gasteiger partial charge in [0.25, 0.3) is 0 Å². The summed E-state index contributed by atoms with van der Waals surface area (Å²) in [5, 5.41) is 0. The second-order valence-corrected chi connectivity index (χ2v) is 3.03. The van der Waals surface area contributed by atoms with Gasteiger partial charge in [-0.2, -0.15) is 0 Å². The van der Waals surface area contributed by atoms with Gasteiger partial charge in [-0.15, -0.1) is 0 Å². The molecule has 0 heterocycles. The quantitative estimate of drug-likeness (QED) is 0.563. The first-order chi connectivity index (χ1) is 6.77. The van der Waals surface area contributed by atoms with E-state index in [1.807, 2.05) is 13.0 Å². The van der Waals surface area contributed by atoms with Gasteiger partial charge in [0.15, 0.2) is 0 Å². The van der Waals surface area contributed by atoms with Crippen LogP contribution < -0.4 is 5.73 Å². The molecule has 0 aliphatic carbocycles. The van der Waals surface area contributed by atoms with Crippen LogP contribution in [0.3, 0.4) is 0 Å². The van der Waals surface area contributed by atoms with Crippen LogP contribution in [0.2, 0.25) is 0 Å². The van der Waals surface area contributed by atoms with Gasteiger partial charge in [-0.25, -0.2) is 0 Å². The van der Waals surface area contributed by atoms with Crippen molar-refractivity contribution >= 4 is 6.29 Å². The van der Waals surface area contributed by atoms with Crippen LogP contribution in [0.5, 0.6) is 0 Å². The summed E-state index contributed by atoms with van der Waals surface area (Å²) in [7, 11) is 0. The third-order valence-corrected chi connectivity index (χ3v) is 1.89. The molecule has 0 bridgehead atoms. The van der Waals surface area contributed by atoms with Crippen molar-refractivity contribution in [2.45, 2.75) is 13.3 Å². The Labute approximate surface area is 84.1 Å². The van der Waals surface area contributed by atoms with Crippen LogP contribution in [0.15, 0.2) is 18.2 Å². The SMILES string of the molecule is Cc1ccc(C=O)cc1C#CCCN. The van der Waals surface area contributed by atoms with Gasteiger partial charge in [0, 0.05) is 24.1 Å². The molecule has 72 valence electrons. The number of hydrogen-bond acceptors (Lipinski definition) is 2. The first-order valence-corrected chi connectivity index (χ1v) is 4.52. The first-order valence-electron chi connectivity index (χ1n) is 4.52. The summed E-state index contributed by atoms with van der Waals surface area (Å²) in [5.41, 5.74) is 7.98. The van der Waals surface area contributed by atoms with Crippen LogP contribution in [-0.2, 0) is 0 Å². The van der Waals surface area contributed by atoms with Crippen molar-refractivity contribution in [2.75, 3.05) is 6.54 Å². The molecule has 0 atom stereocenters. The Morgan fingerprint density at radius 2 is 2.29 bits per heavy atom. The molecule has 0 unspecified atom stereocenters. The van der Waals surface area contributed by atoms with Crippen molar-refractivity contribution in [3.05, 3.63) is 34.9 Å². The number of aryl methyl sites for hydroxylation is 1. The number of aldehydes is 1. The van der Waals surface area contributed by atoms with Crippen molar-refractivity contribution in [1.82, 2.24) is 0 Å². The van der Waals surface area contributed by atoms with Gasteiger partial charge in [0.1, 0.15) is 6.29 Å². The smallest absolute Gasteiger partial charge is 0.150 e. The van der Waals surface area contributed by atoms with E-state index in [1.54, 1.807) is 12.1 Å². The van der Waals surface area contributed by atoms with E-state index in [9.17, 15) is 4.79 Å². The summed E-state index contributed by atoms with van der Waals surface area (Å²) in [6.45, 7) is 2.54. The summed E-state index contributed by atoms with van der Waals surface area (Å²) >= 11 is 0. The fourth-order valence-electron chi connectivity index (χ4n) is 1.08. The molecule has 2 nitrogen and oxygen atoms in total. The lowest BCUT2D eigenvalue weighted by Gasteiger charge is -1.98. The molecule has 0 aromatic heterocycles. The Morgan fingerprint density at radius 3 is 2.93 bits per heavy atom. The topological polar surface area (TPSA) is 43.1 Å². The minimum absolute atomic E-state index is 0.569. The number of carbonyl (C=O) groups excluding carboxylic acids is 1. The fourth-order valence-corrected chi connectivity index (χ4v) is 1.08. The Balaban J connectivity index is 2.96. The normalized spacial score (nSPS) is 9.00. The molecule has 0 aliphatic rings. The lowest BCUT2D eigenvalue weighted by molar-refractivity contribution is 0.112. The van der Waals surface area contributed by atoms with E-state index in [4.69, 9.17) is 5.73 Å². The molecule has 0 spiro atoms. The Kier molecular flexibility index (Phi) is 3.90. The number of nitrogens with two attached hydrogens (primary N) is 1. The van der Waals surface area contributed by atoms with E-state index in [0.717, 1.165) is 17.4 Å². The zero-order valence-electron chi connectivity index (χ0n) is 8.21. The molecular formula is C12H13NO. The molecule has 1 rings (SSSR count). The van der Waals surface area contributed by atoms with Gasteiger partial charge in [0.05, 0.1) is 0 Å². The number of hydrogen-bond donors (Lipinski definition) is 1. The summed E-state index contributed by atoms with van der Waals surface area (Å²) in [6.07, 6.45) is 1.51. The van der Waals surface area contributed by atoms with E-state index < -0.39 is 0 Å². The standard InChI is InChI=1S/C12H13NO/c1-10-5-6-11(9-14)8-12(10)4-2-3-7-13/h5-6,8-9H,3,7,13H2,1H3. The molecule has 0 amide bonds. The third kappa shape index (κ3) is 2.72. The largest absolute Gasteiger partial charge is 0.330 e. The second-order valence-electron chi connectivity index (χ2n) is 3.03. The molecular weight excluding hydrogens is 174 g/mol. The highest BCUT2D eigenvalue weighted by atomic mass is 16.1. The van der Waals surface area contributed by atoms with Crippen molar-refractivity contribution in [3.63, 3.8) is 0 Å². The average Bonchev–Trinajstić information content (AvgIpc) is 2.21. The van der Waals surface area contributed by atoms with Crippen molar-refractivity contribution < 1.29 is 4.79 Å². The summed E-state index contributed by atoms with van der Waals surface area (Å²) in [5.74, 6) is 5.95. The molecule has 0 radical (unpaired) electrons. The van der Waals surface area contributed by atoms with Crippen LogP contribution in [0.4, 0.5) is 0 Å². The lowest BCUT2D eigenvalue weighted by Crippen LogP contribution is -1.95. The Morgan fingerprint density at radius 1 is 1.50 bits per heavy atom. The van der Waals surface area contributed by atoms with E-state index in [0.29, 0.717) is 18.5 Å². The summed E-state index contributed by atoms with van der Waals surface area (Å²) in [6, 6.07) is 5.48. The summed E-state index contributed by atoms with van der Waals surface area (Å²) in [4.78, 5) is 10.5. The van der Waals surface area contributed by atoms with Crippen molar-refractivity contribution in [2.24, 2.45) is 5.73 Å². The molecule has 0 fully saturated rings. The monoisotopic (exact) mass is 187 g/mol. The molecule has 0 saturated heterocycles. The van der Waals surface area contributed by atoms with Crippen LogP contribution >= 0.6 is 0 Å². The van der Waals surface area contributed by atoms with Gasteiger partial charge >= 0.3 is 0 Å². The van der Waals surface area contributed by atoms with E-state index >= 15 is 0 Å². The first kappa shape index (κ1) is 10.5. The second kappa shape index (κ2) is 5.21. The fraction of sp³-hybridized carbons (Fsp3) is 0.250. The average molecular weight is 187 g/mol. The maximum absolute atomic E-state index is 10.5. The van der Waals surface area contributed by atoms with Gasteiger partial charge in [0.2, 0.25) is 0 Å². The van der Waals surface area contributed by atoms with Gasteiger partial charge < -0.3 is 5.73 Å². The molecule has 1 aromatic rings. The van der Waals surface area contributed by atoms with Crippen LogP contribution in [0.25, 0.3) is 0 Å². The maximum Gasteiger partial charge on any atom is 0.150 e. The highest BCUT2D eigenvalue weighted by Crippen LogP contribution is 2.08. The zero-order chi connectivity index (χ0) is 10.4. The van der Waals surface area contributed by atoms with Crippen LogP contribution in [0, 0.1) is 18.8 Å². The van der Waals surface area contributed by atoms with Gasteiger partial charge in [-0.05, 0) is 18.6 Å². The van der Waals surface area contributed by atoms with Crippen molar-refractivity contribution in [1.29, 1.82) is 0 Å². The van der Waals surface area contributed by atoms with E-state index in [1.165, 1.54) is 0 Å². The minimum atomic E-state index is 0.569. The van der Waals surface area contributed by atoms with Gasteiger partial charge in [-0.1, -0.05) is 24.0 Å². The third-order valence-electron chi connectivity index (χ3n) is 1.89. The highest BCUT2D eigenvalue weighted by Gasteiger charge is 1.95. The number of rotatable bonds is 2. The predicted octanol–water partition coefficient (Wildman–Crippen LogP) is 1.51. The van der Waals surface area contributed by atoms with E-state index in [-0.39, 0.29) is 0 Å². The van der Waals surface area contributed by atoms with Crippen LogP contribution in [-0.4, -0.2) is 12.8 Å². The molecule has 1 aromatic carbocycles. The highest BCUT2D eigenvalue weighted by molar-refractivity contribution is 5.75. The Hall–Kier alpha value is -1.59. The van der Waals surface area contributed by atoms with E-state index in [2.05, 4.69) is 11.8 Å². The molecule has 0 saturated carbocycles. The molecule has 14 heavy (non-hydrogen) atoms. The molecule has 2 N–H and O–H groups in total. The number of benzene rings is 1. The predicted molar refractivity (Wildman–Crippen MR) is 57.1 cm³/mol. The molecule has 2 heteroatoms. The van der Waals surface area contributed by atoms with Crippen molar-refractivity contribution in [3.8, 4) is 11.8 Å². The van der Waals surface area contributed by atoms with Crippen LogP contribution in [0.1, 0.15) is 27.9 Å². The lowest BCUT2D eigenvalue weighted by atomic mass is 10.1.